The zero-order chi connectivity index (χ0) is 19.5. The van der Waals surface area contributed by atoms with E-state index in [2.05, 4.69) is 0 Å². The molecule has 0 N–H and O–H groups in total. The van der Waals surface area contributed by atoms with E-state index in [4.69, 9.17) is 4.74 Å². The summed E-state index contributed by atoms with van der Waals surface area (Å²) in [6.45, 7) is 7.56. The smallest absolute Gasteiger partial charge is 0.332 e. The van der Waals surface area contributed by atoms with Gasteiger partial charge in [0.15, 0.2) is 5.78 Å². The molecule has 0 aromatic heterocycles. The summed E-state index contributed by atoms with van der Waals surface area (Å²) in [7, 11) is -3.98. The normalized spacial score (nSPS) is 19.7. The van der Waals surface area contributed by atoms with Gasteiger partial charge in [-0.25, -0.2) is 13.2 Å². The molecular formula is C19H25NO5S. The molecule has 0 radical (unpaired) electrons. The number of ether oxygens (including phenoxy) is 1. The second-order valence-corrected chi connectivity index (χ2v) is 9.09. The largest absolute Gasteiger partial charge is 0.463 e. The van der Waals surface area contributed by atoms with Crippen LogP contribution in [0.1, 0.15) is 39.2 Å². The average molecular weight is 379 g/mol. The highest BCUT2D eigenvalue weighted by atomic mass is 32.2. The van der Waals surface area contributed by atoms with Crippen LogP contribution in [0.4, 0.5) is 0 Å². The molecule has 1 fully saturated rings. The Morgan fingerprint density at radius 1 is 1.31 bits per heavy atom. The number of rotatable bonds is 6. The highest BCUT2D eigenvalue weighted by molar-refractivity contribution is 7.89. The molecule has 2 rings (SSSR count). The SMILES string of the molecule is CCOC(=O)/C=C/N([C@H]1CC(C)(C)CC1=O)S(=O)(=O)c1ccc(C)cc1. The molecule has 0 saturated heterocycles. The molecule has 1 aromatic rings. The Morgan fingerprint density at radius 2 is 1.92 bits per heavy atom. The van der Waals surface area contributed by atoms with E-state index >= 15 is 0 Å². The van der Waals surface area contributed by atoms with E-state index in [9.17, 15) is 18.0 Å². The maximum absolute atomic E-state index is 13.1. The topological polar surface area (TPSA) is 80.8 Å². The lowest BCUT2D eigenvalue weighted by Crippen LogP contribution is -2.39. The highest BCUT2D eigenvalue weighted by Gasteiger charge is 2.44. The number of hydrogen-bond acceptors (Lipinski definition) is 5. The minimum absolute atomic E-state index is 0.0779. The van der Waals surface area contributed by atoms with E-state index in [0.717, 1.165) is 22.1 Å². The maximum atomic E-state index is 13.1. The first kappa shape index (κ1) is 20.2. The average Bonchev–Trinajstić information content (AvgIpc) is 2.80. The summed E-state index contributed by atoms with van der Waals surface area (Å²) >= 11 is 0. The highest BCUT2D eigenvalue weighted by Crippen LogP contribution is 2.39. The van der Waals surface area contributed by atoms with Gasteiger partial charge in [-0.3, -0.25) is 9.10 Å². The van der Waals surface area contributed by atoms with Crippen LogP contribution in [0.25, 0.3) is 0 Å². The summed E-state index contributed by atoms with van der Waals surface area (Å²) in [6, 6.07) is 5.56. The van der Waals surface area contributed by atoms with E-state index < -0.39 is 22.0 Å². The Bertz CT molecular complexity index is 809. The first-order valence-electron chi connectivity index (χ1n) is 8.55. The molecule has 1 aliphatic rings. The standard InChI is InChI=1S/C19H25NO5S/c1-5-25-18(22)10-11-20(16-12-19(3,4)13-17(16)21)26(23,24)15-8-6-14(2)7-9-15/h6-11,16H,5,12-13H2,1-4H3/b11-10+/t16-/m0/s1. The van der Waals surface area contributed by atoms with Crippen LogP contribution >= 0.6 is 0 Å². The predicted octanol–water partition coefficient (Wildman–Crippen LogP) is 2.82. The Kier molecular flexibility index (Phi) is 5.91. The van der Waals surface area contributed by atoms with Gasteiger partial charge in [-0.05, 0) is 37.8 Å². The molecule has 7 heteroatoms. The molecule has 0 spiro atoms. The van der Waals surface area contributed by atoms with Crippen molar-refractivity contribution in [1.29, 1.82) is 0 Å². The van der Waals surface area contributed by atoms with E-state index in [1.165, 1.54) is 12.1 Å². The van der Waals surface area contributed by atoms with Gasteiger partial charge in [0.2, 0.25) is 0 Å². The number of esters is 1. The fourth-order valence-corrected chi connectivity index (χ4v) is 4.51. The lowest BCUT2D eigenvalue weighted by atomic mass is 9.92. The molecule has 0 aliphatic heterocycles. The number of ketones is 1. The second kappa shape index (κ2) is 7.61. The van der Waals surface area contributed by atoms with E-state index in [1.54, 1.807) is 19.1 Å². The molecule has 1 aromatic carbocycles. The minimum Gasteiger partial charge on any atom is -0.463 e. The van der Waals surface area contributed by atoms with Crippen molar-refractivity contribution < 1.29 is 22.7 Å². The van der Waals surface area contributed by atoms with E-state index in [0.29, 0.717) is 12.8 Å². The van der Waals surface area contributed by atoms with E-state index in [1.807, 2.05) is 20.8 Å². The Labute approximate surface area is 154 Å². The van der Waals surface area contributed by atoms with Crippen molar-refractivity contribution in [1.82, 2.24) is 4.31 Å². The minimum atomic E-state index is -3.98. The van der Waals surface area contributed by atoms with Crippen LogP contribution in [0, 0.1) is 12.3 Å². The number of hydrogen-bond donors (Lipinski definition) is 0. The van der Waals surface area contributed by atoms with Crippen molar-refractivity contribution in [3.8, 4) is 0 Å². The van der Waals surface area contributed by atoms with Crippen molar-refractivity contribution in [2.75, 3.05) is 6.61 Å². The summed E-state index contributed by atoms with van der Waals surface area (Å²) in [5, 5.41) is 0. The van der Waals surface area contributed by atoms with Crippen molar-refractivity contribution in [3.05, 3.63) is 42.1 Å². The quantitative estimate of drug-likeness (QED) is 0.561. The van der Waals surface area contributed by atoms with E-state index in [-0.39, 0.29) is 22.7 Å². The zero-order valence-electron chi connectivity index (χ0n) is 15.6. The number of nitrogens with zero attached hydrogens (tertiary/aromatic N) is 1. The van der Waals surface area contributed by atoms with Crippen LogP contribution in [0.5, 0.6) is 0 Å². The monoisotopic (exact) mass is 379 g/mol. The van der Waals surface area contributed by atoms with Gasteiger partial charge < -0.3 is 4.74 Å². The molecule has 0 bridgehead atoms. The zero-order valence-corrected chi connectivity index (χ0v) is 16.4. The fourth-order valence-electron chi connectivity index (χ4n) is 3.04. The van der Waals surface area contributed by atoms with Gasteiger partial charge in [-0.2, -0.15) is 0 Å². The molecule has 0 amide bonds. The Morgan fingerprint density at radius 3 is 2.42 bits per heavy atom. The third-order valence-corrected chi connectivity index (χ3v) is 6.12. The van der Waals surface area contributed by atoms with Crippen molar-refractivity contribution in [2.45, 2.75) is 51.5 Å². The summed E-state index contributed by atoms with van der Waals surface area (Å²) in [5.41, 5.74) is 0.635. The third kappa shape index (κ3) is 4.52. The predicted molar refractivity (Wildman–Crippen MR) is 97.8 cm³/mol. The number of carbonyl (C=O) groups is 2. The molecule has 1 atom stereocenters. The van der Waals surface area contributed by atoms with Gasteiger partial charge in [0.25, 0.3) is 10.0 Å². The van der Waals surface area contributed by atoms with Gasteiger partial charge in [0, 0.05) is 18.7 Å². The van der Waals surface area contributed by atoms with Crippen molar-refractivity contribution in [2.24, 2.45) is 5.41 Å². The summed E-state index contributed by atoms with van der Waals surface area (Å²) < 4.78 is 32.1. The number of Topliss-reactive ketones (excluding diaryl/α,β-unsaturated/α-hetero) is 1. The molecule has 0 unspecified atom stereocenters. The number of carbonyl (C=O) groups excluding carboxylic acids is 2. The van der Waals surface area contributed by atoms with Crippen LogP contribution < -0.4 is 0 Å². The molecule has 0 heterocycles. The molecule has 142 valence electrons. The molecular weight excluding hydrogens is 354 g/mol. The van der Waals surface area contributed by atoms with Crippen LogP contribution in [0.3, 0.4) is 0 Å². The van der Waals surface area contributed by atoms with Crippen LogP contribution in [0.15, 0.2) is 41.4 Å². The fraction of sp³-hybridized carbons (Fsp3) is 0.474. The lowest BCUT2D eigenvalue weighted by Gasteiger charge is -2.27. The summed E-state index contributed by atoms with van der Waals surface area (Å²) in [6.07, 6.45) is 2.89. The van der Waals surface area contributed by atoms with Gasteiger partial charge in [0.05, 0.1) is 11.5 Å². The Hall–Kier alpha value is -2.15. The van der Waals surface area contributed by atoms with Gasteiger partial charge in [-0.1, -0.05) is 31.5 Å². The third-order valence-electron chi connectivity index (χ3n) is 4.32. The van der Waals surface area contributed by atoms with Crippen LogP contribution in [-0.4, -0.2) is 37.1 Å². The molecule has 6 nitrogen and oxygen atoms in total. The Balaban J connectivity index is 2.44. The van der Waals surface area contributed by atoms with Crippen LogP contribution in [-0.2, 0) is 24.3 Å². The molecule has 26 heavy (non-hydrogen) atoms. The van der Waals surface area contributed by atoms with Crippen LogP contribution in [0.2, 0.25) is 0 Å². The number of aryl methyl sites for hydroxylation is 1. The molecule has 1 saturated carbocycles. The van der Waals surface area contributed by atoms with Gasteiger partial charge in [-0.15, -0.1) is 0 Å². The number of sulfonamides is 1. The first-order chi connectivity index (χ1) is 12.1. The lowest BCUT2D eigenvalue weighted by molar-refractivity contribution is -0.137. The number of benzene rings is 1. The maximum Gasteiger partial charge on any atom is 0.332 e. The van der Waals surface area contributed by atoms with Crippen molar-refractivity contribution in [3.63, 3.8) is 0 Å². The van der Waals surface area contributed by atoms with Gasteiger partial charge in [0.1, 0.15) is 6.04 Å². The summed E-state index contributed by atoms with van der Waals surface area (Å²) in [5.74, 6) is -0.805. The second-order valence-electron chi connectivity index (χ2n) is 7.24. The molecule has 1 aliphatic carbocycles. The summed E-state index contributed by atoms with van der Waals surface area (Å²) in [4.78, 5) is 24.2. The van der Waals surface area contributed by atoms with Gasteiger partial charge >= 0.3 is 5.97 Å². The first-order valence-corrected chi connectivity index (χ1v) is 9.99. The van der Waals surface area contributed by atoms with Crippen molar-refractivity contribution >= 4 is 21.8 Å².